The van der Waals surface area contributed by atoms with E-state index in [1.165, 1.54) is 227 Å². The fourth-order valence-corrected chi connectivity index (χ4v) is 8.97. The summed E-state index contributed by atoms with van der Waals surface area (Å²) >= 11 is 0. The van der Waals surface area contributed by atoms with E-state index in [1.54, 1.807) is 0 Å². The molecule has 2 nitrogen and oxygen atoms in total. The molecule has 0 radical (unpaired) electrons. The Labute approximate surface area is 431 Å². The third-order valence-electron chi connectivity index (χ3n) is 13.3. The molecule has 0 saturated heterocycles. The van der Waals surface area contributed by atoms with Gasteiger partial charge in [-0.15, -0.1) is 0 Å². The number of unbranched alkanes of at least 4 members (excludes halogenated alkanes) is 32. The number of nitrogens with zero attached hydrogens (tertiary/aromatic N) is 2. The molecule has 2 aromatic carbocycles. The maximum absolute atomic E-state index is 11.2. The zero-order valence-corrected chi connectivity index (χ0v) is 46.0. The largest absolute Gasteiger partial charge is 2.00 e. The minimum absolute atomic E-state index is 0. The van der Waals surface area contributed by atoms with Crippen LogP contribution in [0.4, 0.5) is 0 Å². The molecule has 0 unspecified atom stereocenters. The maximum atomic E-state index is 11.2. The predicted octanol–water partition coefficient (Wildman–Crippen LogP) is 21.3. The normalized spacial score (nSPS) is 11.8. The van der Waals surface area contributed by atoms with E-state index < -0.39 is 0 Å². The summed E-state index contributed by atoms with van der Waals surface area (Å²) in [6.07, 6.45) is 67.1. The Balaban J connectivity index is 0.00000106. The molecule has 0 spiro atoms. The van der Waals surface area contributed by atoms with Crippen molar-refractivity contribution < 1.29 is 25.1 Å². The van der Waals surface area contributed by atoms with Crippen LogP contribution in [0.1, 0.15) is 294 Å². The van der Waals surface area contributed by atoms with Gasteiger partial charge in [0.15, 0.2) is 0 Å². The first-order chi connectivity index (χ1) is 32.5. The quantitative estimate of drug-likeness (QED) is 0.0210. The van der Waals surface area contributed by atoms with Gasteiger partial charge in [0, 0.05) is 22.8 Å². The fourth-order valence-electron chi connectivity index (χ4n) is 8.97. The second-order valence-electron chi connectivity index (χ2n) is 19.4. The van der Waals surface area contributed by atoms with Gasteiger partial charge in [-0.25, -0.2) is 4.70 Å². The molecule has 0 atom stereocenters. The van der Waals surface area contributed by atoms with Crippen molar-refractivity contribution in [2.75, 3.05) is 0 Å². The van der Waals surface area contributed by atoms with Gasteiger partial charge in [-0.2, -0.15) is 0 Å². The number of allylic oxidation sites excluding steroid dienone is 2. The number of hydrogen-bond donors (Lipinski definition) is 0. The molecule has 0 aromatic heterocycles. The van der Waals surface area contributed by atoms with E-state index in [4.69, 9.17) is 12.8 Å². The van der Waals surface area contributed by atoms with E-state index >= 15 is 0 Å². The molecular formula is C64H102N2Pd. The van der Waals surface area contributed by atoms with Crippen LogP contribution >= 0.6 is 0 Å². The molecular weight excluding hydrogens is 903 g/mol. The van der Waals surface area contributed by atoms with E-state index in [0.717, 1.165) is 67.5 Å². The molecule has 0 N–H and O–H groups in total. The minimum Gasteiger partial charge on any atom is -0.694 e. The molecule has 0 fully saturated rings. The molecule has 1 heterocycles. The van der Waals surface area contributed by atoms with Crippen LogP contribution in [0.2, 0.25) is 0 Å². The molecule has 0 amide bonds. The third kappa shape index (κ3) is 34.3. The molecule has 67 heavy (non-hydrogen) atoms. The van der Waals surface area contributed by atoms with Crippen LogP contribution in [0.15, 0.2) is 60.2 Å². The van der Waals surface area contributed by atoms with Gasteiger partial charge in [0.1, 0.15) is 0 Å². The van der Waals surface area contributed by atoms with E-state index in [2.05, 4.69) is 101 Å². The molecule has 1 aliphatic rings. The van der Waals surface area contributed by atoms with Gasteiger partial charge in [-0.1, -0.05) is 252 Å². The van der Waals surface area contributed by atoms with Gasteiger partial charge in [0.25, 0.3) is 0 Å². The molecule has 3 rings (SSSR count). The SMILES string of the molecule is CCCCCCCCc1ccc(C2=CC(CCCC)=C(c3cccc(CC)c3)[N+]2=[N-])cc1.[C-]#CCCCCCCCCCCCCCCC.[C-]#CCCCCCCCCCCCCCCC.[Pd+2]. The Kier molecular flexibility index (Phi) is 46.4. The number of rotatable bonds is 39. The van der Waals surface area contributed by atoms with E-state index in [9.17, 15) is 5.53 Å². The first-order valence-corrected chi connectivity index (χ1v) is 28.4. The predicted molar refractivity (Wildman–Crippen MR) is 292 cm³/mol. The van der Waals surface area contributed by atoms with Crippen molar-refractivity contribution in [3.63, 3.8) is 0 Å². The first-order valence-electron chi connectivity index (χ1n) is 28.4. The van der Waals surface area contributed by atoms with Crippen molar-refractivity contribution in [2.24, 2.45) is 0 Å². The van der Waals surface area contributed by atoms with Crippen molar-refractivity contribution >= 4 is 11.4 Å². The monoisotopic (exact) mass is 1000 g/mol. The Morgan fingerprint density at radius 1 is 0.418 bits per heavy atom. The topological polar surface area (TPSA) is 25.3 Å². The summed E-state index contributed by atoms with van der Waals surface area (Å²) in [6.45, 7) is 11.2. The van der Waals surface area contributed by atoms with Crippen molar-refractivity contribution in [1.82, 2.24) is 0 Å². The Bertz CT molecular complexity index is 1540. The van der Waals surface area contributed by atoms with Crippen LogP contribution < -0.4 is 0 Å². The zero-order chi connectivity index (χ0) is 48.0. The Morgan fingerprint density at radius 3 is 1.19 bits per heavy atom. The van der Waals surface area contributed by atoms with Crippen molar-refractivity contribution in [3.05, 3.63) is 101 Å². The van der Waals surface area contributed by atoms with Crippen LogP contribution in [0.5, 0.6) is 0 Å². The van der Waals surface area contributed by atoms with Crippen molar-refractivity contribution in [1.29, 1.82) is 0 Å². The van der Waals surface area contributed by atoms with Gasteiger partial charge in [-0.3, -0.25) is 0 Å². The van der Waals surface area contributed by atoms with Crippen LogP contribution in [-0.2, 0) is 33.3 Å². The fraction of sp³-hybridized carbons (Fsp3) is 0.688. The molecule has 0 bridgehead atoms. The van der Waals surface area contributed by atoms with Crippen LogP contribution in [0.25, 0.3) is 16.9 Å². The Hall–Kier alpha value is -2.70. The standard InChI is InChI=1S/C30H40N2.2C17H31.Pd/c1-4-7-9-10-11-12-14-25-18-20-26(21-19-25)29-23-28(16-8-5-2)30(32(29)31)27-17-13-15-24(6-3)22-27;2*1-3-5-7-9-11-13-15-17-16-14-12-10-8-6-4-2;/h13,15,17-23H,4-12,14,16H2,1-3H3;2*3,5-17H2,1H3;/q;2*-1;+2. The van der Waals surface area contributed by atoms with E-state index in [1.807, 2.05) is 0 Å². The van der Waals surface area contributed by atoms with Gasteiger partial charge >= 0.3 is 20.4 Å². The summed E-state index contributed by atoms with van der Waals surface area (Å²) < 4.78 is 1.42. The van der Waals surface area contributed by atoms with Crippen LogP contribution in [0.3, 0.4) is 0 Å². The van der Waals surface area contributed by atoms with Crippen molar-refractivity contribution in [2.45, 2.75) is 285 Å². The smallest absolute Gasteiger partial charge is 0.694 e. The number of hydrogen-bond acceptors (Lipinski definition) is 0. The van der Waals surface area contributed by atoms with Crippen LogP contribution in [0, 0.1) is 24.7 Å². The summed E-state index contributed by atoms with van der Waals surface area (Å²) in [5.41, 5.74) is 19.1. The number of aryl methyl sites for hydroxylation is 2. The van der Waals surface area contributed by atoms with Crippen LogP contribution in [-0.4, -0.2) is 4.70 Å². The molecule has 378 valence electrons. The summed E-state index contributed by atoms with van der Waals surface area (Å²) in [5.74, 6) is 4.91. The number of benzene rings is 2. The molecule has 1 aliphatic heterocycles. The van der Waals surface area contributed by atoms with E-state index in [0.29, 0.717) is 0 Å². The van der Waals surface area contributed by atoms with Gasteiger partial charge in [0.2, 0.25) is 11.4 Å². The molecule has 0 aliphatic carbocycles. The van der Waals surface area contributed by atoms with Crippen molar-refractivity contribution in [3.8, 4) is 11.8 Å². The summed E-state index contributed by atoms with van der Waals surface area (Å²) in [7, 11) is 0. The molecule has 3 heteroatoms. The summed E-state index contributed by atoms with van der Waals surface area (Å²) in [5, 5.41) is 0. The molecule has 2 aromatic rings. The molecule has 0 saturated carbocycles. The second-order valence-corrected chi connectivity index (χ2v) is 19.4. The Morgan fingerprint density at radius 2 is 0.806 bits per heavy atom. The maximum Gasteiger partial charge on any atom is 2.00 e. The van der Waals surface area contributed by atoms with Gasteiger partial charge in [-0.05, 0) is 93.2 Å². The summed E-state index contributed by atoms with van der Waals surface area (Å²) in [6, 6.07) is 17.4. The zero-order valence-electron chi connectivity index (χ0n) is 44.5. The van der Waals surface area contributed by atoms with E-state index in [-0.39, 0.29) is 20.4 Å². The third-order valence-corrected chi connectivity index (χ3v) is 13.3. The first kappa shape index (κ1) is 64.3. The van der Waals surface area contributed by atoms with Gasteiger partial charge < -0.3 is 30.2 Å². The average molecular weight is 1010 g/mol. The van der Waals surface area contributed by atoms with Gasteiger partial charge in [0.05, 0.1) is 0 Å². The summed E-state index contributed by atoms with van der Waals surface area (Å²) in [4.78, 5) is 0. The second kappa shape index (κ2) is 48.3. The minimum atomic E-state index is 0. The average Bonchev–Trinajstić information content (AvgIpc) is 3.68.